The van der Waals surface area contributed by atoms with Crippen molar-refractivity contribution in [3.05, 3.63) is 29.6 Å². The van der Waals surface area contributed by atoms with E-state index in [0.717, 1.165) is 11.3 Å². The number of fused-ring (bicyclic) bond motifs is 1. The van der Waals surface area contributed by atoms with E-state index >= 15 is 0 Å². The van der Waals surface area contributed by atoms with Crippen LogP contribution < -0.4 is 0 Å². The Bertz CT molecular complexity index is 451. The molecular formula is C14H20N2O2. The third-order valence-corrected chi connectivity index (χ3v) is 2.90. The molecule has 0 spiro atoms. The molecule has 4 nitrogen and oxygen atoms in total. The molecule has 1 aliphatic rings. The zero-order valence-electron chi connectivity index (χ0n) is 11.4. The zero-order valence-corrected chi connectivity index (χ0v) is 11.4. The molecule has 0 radical (unpaired) electrons. The first-order valence-corrected chi connectivity index (χ1v) is 6.28. The molecule has 2 heterocycles. The van der Waals surface area contributed by atoms with Crippen LogP contribution in [0.2, 0.25) is 0 Å². The van der Waals surface area contributed by atoms with Crippen LogP contribution in [0.5, 0.6) is 0 Å². The van der Waals surface area contributed by atoms with Crippen LogP contribution in [0.1, 0.15) is 44.9 Å². The minimum absolute atomic E-state index is 0.246. The number of pyridine rings is 1. The Kier molecular flexibility index (Phi) is 3.28. The van der Waals surface area contributed by atoms with Crippen LogP contribution in [0.3, 0.4) is 0 Å². The second-order valence-electron chi connectivity index (χ2n) is 5.81. The van der Waals surface area contributed by atoms with Crippen molar-refractivity contribution in [3.8, 4) is 0 Å². The number of ether oxygens (including phenoxy) is 1. The molecule has 0 bridgehead atoms. The van der Waals surface area contributed by atoms with Gasteiger partial charge in [-0.3, -0.25) is 4.98 Å². The standard InChI is InChI=1S/C14H20N2O2/c1-10-8-16(13(17)18-14(2,3)4)9-11-6-5-7-15-12(10)11/h5-7,10H,8-9H2,1-4H3. The molecule has 0 saturated carbocycles. The molecular weight excluding hydrogens is 228 g/mol. The van der Waals surface area contributed by atoms with Crippen molar-refractivity contribution < 1.29 is 9.53 Å². The number of carbonyl (C=O) groups excluding carboxylic acids is 1. The van der Waals surface area contributed by atoms with Gasteiger partial charge in [0.05, 0.1) is 6.54 Å². The number of carbonyl (C=O) groups is 1. The van der Waals surface area contributed by atoms with E-state index in [1.54, 1.807) is 11.1 Å². The van der Waals surface area contributed by atoms with Crippen molar-refractivity contribution in [2.24, 2.45) is 0 Å². The number of hydrogen-bond donors (Lipinski definition) is 0. The van der Waals surface area contributed by atoms with Crippen molar-refractivity contribution in [2.75, 3.05) is 6.54 Å². The average Bonchev–Trinajstić information content (AvgIpc) is 2.26. The molecule has 0 aliphatic carbocycles. The van der Waals surface area contributed by atoms with Gasteiger partial charge in [-0.15, -0.1) is 0 Å². The average molecular weight is 248 g/mol. The van der Waals surface area contributed by atoms with Gasteiger partial charge in [0.1, 0.15) is 5.60 Å². The number of hydrogen-bond acceptors (Lipinski definition) is 3. The second kappa shape index (κ2) is 4.59. The minimum atomic E-state index is -0.449. The Morgan fingerprint density at radius 1 is 1.50 bits per heavy atom. The lowest BCUT2D eigenvalue weighted by Crippen LogP contribution is -2.41. The van der Waals surface area contributed by atoms with Crippen molar-refractivity contribution in [1.29, 1.82) is 0 Å². The maximum atomic E-state index is 12.1. The van der Waals surface area contributed by atoms with Gasteiger partial charge in [-0.1, -0.05) is 13.0 Å². The second-order valence-corrected chi connectivity index (χ2v) is 5.81. The summed E-state index contributed by atoms with van der Waals surface area (Å²) in [6, 6.07) is 3.93. The summed E-state index contributed by atoms with van der Waals surface area (Å²) in [6.07, 6.45) is 1.56. The first-order valence-electron chi connectivity index (χ1n) is 6.28. The predicted molar refractivity (Wildman–Crippen MR) is 69.3 cm³/mol. The molecule has 98 valence electrons. The van der Waals surface area contributed by atoms with Gasteiger partial charge >= 0.3 is 6.09 Å². The van der Waals surface area contributed by atoms with Crippen LogP contribution in [-0.2, 0) is 11.3 Å². The fraction of sp³-hybridized carbons (Fsp3) is 0.571. The summed E-state index contributed by atoms with van der Waals surface area (Å²) >= 11 is 0. The molecule has 2 rings (SSSR count). The highest BCUT2D eigenvalue weighted by molar-refractivity contribution is 5.68. The molecule has 1 aromatic rings. The maximum absolute atomic E-state index is 12.1. The molecule has 1 atom stereocenters. The number of amides is 1. The van der Waals surface area contributed by atoms with Gasteiger partial charge in [0.15, 0.2) is 0 Å². The van der Waals surface area contributed by atoms with E-state index in [0.29, 0.717) is 13.1 Å². The van der Waals surface area contributed by atoms with E-state index < -0.39 is 5.60 Å². The molecule has 0 aromatic carbocycles. The summed E-state index contributed by atoms with van der Waals surface area (Å²) in [6.45, 7) is 8.99. The van der Waals surface area contributed by atoms with Crippen LogP contribution in [0.25, 0.3) is 0 Å². The van der Waals surface area contributed by atoms with Crippen molar-refractivity contribution in [1.82, 2.24) is 9.88 Å². The van der Waals surface area contributed by atoms with Crippen LogP contribution in [0.4, 0.5) is 4.79 Å². The van der Waals surface area contributed by atoms with Crippen molar-refractivity contribution in [3.63, 3.8) is 0 Å². The Labute approximate surface area is 108 Å². The highest BCUT2D eigenvalue weighted by Gasteiger charge is 2.29. The molecule has 4 heteroatoms. The van der Waals surface area contributed by atoms with Gasteiger partial charge in [-0.25, -0.2) is 4.79 Å². The third kappa shape index (κ3) is 2.81. The first-order chi connectivity index (χ1) is 8.37. The number of rotatable bonds is 0. The van der Waals surface area contributed by atoms with Crippen LogP contribution in [0.15, 0.2) is 18.3 Å². The van der Waals surface area contributed by atoms with Crippen molar-refractivity contribution >= 4 is 6.09 Å². The van der Waals surface area contributed by atoms with Crippen LogP contribution in [-0.4, -0.2) is 28.1 Å². The van der Waals surface area contributed by atoms with Crippen LogP contribution in [0, 0.1) is 0 Å². The minimum Gasteiger partial charge on any atom is -0.444 e. The highest BCUT2D eigenvalue weighted by atomic mass is 16.6. The molecule has 1 unspecified atom stereocenters. The zero-order chi connectivity index (χ0) is 13.3. The van der Waals surface area contributed by atoms with E-state index in [1.165, 1.54) is 0 Å². The fourth-order valence-electron chi connectivity index (χ4n) is 2.18. The largest absolute Gasteiger partial charge is 0.444 e. The SMILES string of the molecule is CC1CN(C(=O)OC(C)(C)C)Cc2cccnc21. The van der Waals surface area contributed by atoms with Gasteiger partial charge in [-0.2, -0.15) is 0 Å². The molecule has 1 aliphatic heterocycles. The van der Waals surface area contributed by atoms with E-state index in [2.05, 4.69) is 11.9 Å². The molecule has 1 aromatic heterocycles. The Hall–Kier alpha value is -1.58. The van der Waals surface area contributed by atoms with E-state index in [-0.39, 0.29) is 12.0 Å². The summed E-state index contributed by atoms with van der Waals surface area (Å²) < 4.78 is 5.41. The number of nitrogens with zero attached hydrogens (tertiary/aromatic N) is 2. The van der Waals surface area contributed by atoms with E-state index in [9.17, 15) is 4.79 Å². The van der Waals surface area contributed by atoms with E-state index in [4.69, 9.17) is 4.74 Å². The van der Waals surface area contributed by atoms with Gasteiger partial charge in [0.25, 0.3) is 0 Å². The quantitative estimate of drug-likeness (QED) is 0.709. The fourth-order valence-corrected chi connectivity index (χ4v) is 2.18. The molecule has 1 amide bonds. The highest BCUT2D eigenvalue weighted by Crippen LogP contribution is 2.26. The normalized spacial score (nSPS) is 19.3. The third-order valence-electron chi connectivity index (χ3n) is 2.90. The lowest BCUT2D eigenvalue weighted by atomic mass is 9.97. The maximum Gasteiger partial charge on any atom is 0.410 e. The summed E-state index contributed by atoms with van der Waals surface area (Å²) in [7, 11) is 0. The number of aromatic nitrogens is 1. The molecule has 0 N–H and O–H groups in total. The molecule has 18 heavy (non-hydrogen) atoms. The topological polar surface area (TPSA) is 42.4 Å². The smallest absolute Gasteiger partial charge is 0.410 e. The van der Waals surface area contributed by atoms with Gasteiger partial charge in [-0.05, 0) is 32.4 Å². The van der Waals surface area contributed by atoms with Crippen molar-refractivity contribution in [2.45, 2.75) is 45.8 Å². The predicted octanol–water partition coefficient (Wildman–Crippen LogP) is 2.94. The van der Waals surface area contributed by atoms with Gasteiger partial charge in [0, 0.05) is 24.4 Å². The molecule has 0 fully saturated rings. The summed E-state index contributed by atoms with van der Waals surface area (Å²) in [5.41, 5.74) is 1.76. The summed E-state index contributed by atoms with van der Waals surface area (Å²) in [5, 5.41) is 0. The van der Waals surface area contributed by atoms with Gasteiger partial charge < -0.3 is 9.64 Å². The van der Waals surface area contributed by atoms with E-state index in [1.807, 2.05) is 32.9 Å². The molecule has 0 saturated heterocycles. The first kappa shape index (κ1) is 12.9. The van der Waals surface area contributed by atoms with Crippen LogP contribution >= 0.6 is 0 Å². The monoisotopic (exact) mass is 248 g/mol. The Morgan fingerprint density at radius 3 is 2.89 bits per heavy atom. The lowest BCUT2D eigenvalue weighted by molar-refractivity contribution is 0.0207. The summed E-state index contributed by atoms with van der Waals surface area (Å²) in [5.74, 6) is 0.252. The lowest BCUT2D eigenvalue weighted by Gasteiger charge is -2.33. The Balaban J connectivity index is 2.13. The summed E-state index contributed by atoms with van der Waals surface area (Å²) in [4.78, 5) is 18.2. The Morgan fingerprint density at radius 2 is 2.22 bits per heavy atom. The van der Waals surface area contributed by atoms with Gasteiger partial charge in [0.2, 0.25) is 0 Å².